The summed E-state index contributed by atoms with van der Waals surface area (Å²) in [6.07, 6.45) is 2.44. The zero-order valence-corrected chi connectivity index (χ0v) is 12.7. The second-order valence-electron chi connectivity index (χ2n) is 5.05. The van der Waals surface area contributed by atoms with E-state index in [0.29, 0.717) is 24.6 Å². The minimum atomic E-state index is 0.644. The summed E-state index contributed by atoms with van der Waals surface area (Å²) in [5.41, 5.74) is 0.806. The number of aromatic nitrogens is 2. The van der Waals surface area contributed by atoms with E-state index in [1.54, 1.807) is 25.4 Å². The van der Waals surface area contributed by atoms with Gasteiger partial charge in [0.2, 0.25) is 6.41 Å². The number of hydrogen-bond acceptors (Lipinski definition) is 6. The maximum Gasteiger partial charge on any atom is 0.209 e. The number of rotatable bonds is 4. The van der Waals surface area contributed by atoms with E-state index in [0.717, 1.165) is 36.2 Å². The number of carbonyl (C=O) groups excluding carboxylic acids is 1. The van der Waals surface area contributed by atoms with Crippen molar-refractivity contribution in [2.24, 2.45) is 0 Å². The Morgan fingerprint density at radius 3 is 2.36 bits per heavy atom. The van der Waals surface area contributed by atoms with Crippen molar-refractivity contribution in [2.75, 3.05) is 45.3 Å². The number of piperazine rings is 1. The molecule has 7 heteroatoms. The molecule has 1 aliphatic rings. The topological polar surface area (TPSA) is 67.8 Å². The molecular weight excluding hydrogens is 284 g/mol. The smallest absolute Gasteiger partial charge is 0.209 e. The van der Waals surface area contributed by atoms with Crippen molar-refractivity contribution in [2.45, 2.75) is 0 Å². The van der Waals surface area contributed by atoms with Crippen molar-refractivity contribution in [1.82, 2.24) is 14.9 Å². The molecule has 116 valence electrons. The predicted octanol–water partition coefficient (Wildman–Crippen LogP) is 0.925. The summed E-state index contributed by atoms with van der Waals surface area (Å²) in [5, 5.41) is 0.916. The Morgan fingerprint density at radius 1 is 1.05 bits per heavy atom. The normalized spacial score (nSPS) is 15.0. The van der Waals surface area contributed by atoms with Gasteiger partial charge in [-0.05, 0) is 6.07 Å². The largest absolute Gasteiger partial charge is 0.493 e. The number of anilines is 1. The van der Waals surface area contributed by atoms with Gasteiger partial charge in [-0.2, -0.15) is 0 Å². The molecule has 1 aliphatic heterocycles. The summed E-state index contributed by atoms with van der Waals surface area (Å²) in [5.74, 6) is 2.15. The molecule has 1 saturated heterocycles. The highest BCUT2D eigenvalue weighted by Crippen LogP contribution is 2.34. The Hall–Kier alpha value is -2.57. The van der Waals surface area contributed by atoms with E-state index in [1.165, 1.54) is 0 Å². The SMILES string of the molecule is COc1cc2ncnc(N3CCN(C=O)CC3)c2cc1OC. The minimum Gasteiger partial charge on any atom is -0.493 e. The van der Waals surface area contributed by atoms with Crippen LogP contribution in [0.15, 0.2) is 18.5 Å². The summed E-state index contributed by atoms with van der Waals surface area (Å²) < 4.78 is 10.7. The lowest BCUT2D eigenvalue weighted by atomic mass is 10.2. The second-order valence-corrected chi connectivity index (χ2v) is 5.05. The van der Waals surface area contributed by atoms with Crippen LogP contribution in [0.1, 0.15) is 0 Å². The van der Waals surface area contributed by atoms with E-state index in [1.807, 2.05) is 12.1 Å². The molecule has 0 radical (unpaired) electrons. The molecule has 0 N–H and O–H groups in total. The van der Waals surface area contributed by atoms with Crippen LogP contribution >= 0.6 is 0 Å². The first-order valence-corrected chi connectivity index (χ1v) is 7.08. The number of amides is 1. The monoisotopic (exact) mass is 302 g/mol. The van der Waals surface area contributed by atoms with Gasteiger partial charge in [-0.25, -0.2) is 9.97 Å². The van der Waals surface area contributed by atoms with Crippen LogP contribution < -0.4 is 14.4 Å². The number of carbonyl (C=O) groups is 1. The number of methoxy groups -OCH3 is 2. The molecule has 1 amide bonds. The molecule has 0 aliphatic carbocycles. The van der Waals surface area contributed by atoms with Crippen molar-refractivity contribution >= 4 is 23.1 Å². The maximum atomic E-state index is 10.8. The van der Waals surface area contributed by atoms with E-state index in [9.17, 15) is 4.79 Å². The van der Waals surface area contributed by atoms with Crippen molar-refractivity contribution < 1.29 is 14.3 Å². The van der Waals surface area contributed by atoms with Crippen LogP contribution in [0, 0.1) is 0 Å². The Balaban J connectivity index is 2.01. The molecule has 7 nitrogen and oxygen atoms in total. The molecule has 2 heterocycles. The molecular formula is C15H18N4O3. The molecule has 22 heavy (non-hydrogen) atoms. The zero-order valence-electron chi connectivity index (χ0n) is 12.7. The highest BCUT2D eigenvalue weighted by Gasteiger charge is 2.20. The van der Waals surface area contributed by atoms with Crippen molar-refractivity contribution in [1.29, 1.82) is 0 Å². The van der Waals surface area contributed by atoms with E-state index in [-0.39, 0.29) is 0 Å². The number of hydrogen-bond donors (Lipinski definition) is 0. The van der Waals surface area contributed by atoms with E-state index in [4.69, 9.17) is 9.47 Å². The fourth-order valence-corrected chi connectivity index (χ4v) is 2.66. The molecule has 0 unspecified atom stereocenters. The third kappa shape index (κ3) is 2.49. The van der Waals surface area contributed by atoms with E-state index < -0.39 is 0 Å². The van der Waals surface area contributed by atoms with E-state index >= 15 is 0 Å². The van der Waals surface area contributed by atoms with Crippen LogP contribution in [0.5, 0.6) is 11.5 Å². The molecule has 0 spiro atoms. The van der Waals surface area contributed by atoms with Crippen molar-refractivity contribution in [3.05, 3.63) is 18.5 Å². The third-order valence-electron chi connectivity index (χ3n) is 3.88. The van der Waals surface area contributed by atoms with Gasteiger partial charge in [-0.3, -0.25) is 4.79 Å². The number of fused-ring (bicyclic) bond motifs is 1. The van der Waals surface area contributed by atoms with Gasteiger partial charge in [0.1, 0.15) is 12.1 Å². The lowest BCUT2D eigenvalue weighted by Crippen LogP contribution is -2.46. The van der Waals surface area contributed by atoms with Gasteiger partial charge in [0.25, 0.3) is 0 Å². The summed E-state index contributed by atoms with van der Waals surface area (Å²) in [4.78, 5) is 23.5. The fourth-order valence-electron chi connectivity index (χ4n) is 2.66. The van der Waals surface area contributed by atoms with Gasteiger partial charge in [0, 0.05) is 37.6 Å². The van der Waals surface area contributed by atoms with Gasteiger partial charge in [-0.15, -0.1) is 0 Å². The Morgan fingerprint density at radius 2 is 1.73 bits per heavy atom. The average Bonchev–Trinajstić information content (AvgIpc) is 2.60. The Labute approximate surface area is 128 Å². The van der Waals surface area contributed by atoms with Gasteiger partial charge in [0.05, 0.1) is 19.7 Å². The molecule has 1 fully saturated rings. The first-order valence-electron chi connectivity index (χ1n) is 7.08. The summed E-state index contributed by atoms with van der Waals surface area (Å²) in [6, 6.07) is 3.75. The van der Waals surface area contributed by atoms with Crippen LogP contribution in [-0.4, -0.2) is 61.7 Å². The maximum absolute atomic E-state index is 10.8. The third-order valence-corrected chi connectivity index (χ3v) is 3.88. The van der Waals surface area contributed by atoms with Gasteiger partial charge in [0.15, 0.2) is 11.5 Å². The molecule has 1 aromatic carbocycles. The van der Waals surface area contributed by atoms with Crippen LogP contribution in [0.3, 0.4) is 0 Å². The number of benzene rings is 1. The first-order chi connectivity index (χ1) is 10.8. The summed E-state index contributed by atoms with van der Waals surface area (Å²) in [7, 11) is 3.21. The molecule has 1 aromatic heterocycles. The first kappa shape index (κ1) is 14.4. The van der Waals surface area contributed by atoms with Gasteiger partial charge in [-0.1, -0.05) is 0 Å². The average molecular weight is 302 g/mol. The van der Waals surface area contributed by atoms with Gasteiger partial charge >= 0.3 is 0 Å². The molecule has 3 rings (SSSR count). The van der Waals surface area contributed by atoms with Gasteiger partial charge < -0.3 is 19.3 Å². The minimum absolute atomic E-state index is 0.644. The second kappa shape index (κ2) is 6.05. The highest BCUT2D eigenvalue weighted by molar-refractivity contribution is 5.92. The number of ether oxygens (including phenoxy) is 2. The molecule has 0 atom stereocenters. The van der Waals surface area contributed by atoms with Crippen molar-refractivity contribution in [3.8, 4) is 11.5 Å². The van der Waals surface area contributed by atoms with E-state index in [2.05, 4.69) is 14.9 Å². The predicted molar refractivity (Wildman–Crippen MR) is 82.5 cm³/mol. The zero-order chi connectivity index (χ0) is 15.5. The van der Waals surface area contributed by atoms with Crippen LogP contribution in [0.25, 0.3) is 10.9 Å². The standard InChI is InChI=1S/C15H18N4O3/c1-21-13-7-11-12(8-14(13)22-2)16-9-17-15(11)19-5-3-18(10-20)4-6-19/h7-10H,3-6H2,1-2H3. The van der Waals surface area contributed by atoms with Crippen LogP contribution in [0.2, 0.25) is 0 Å². The Bertz CT molecular complexity index is 684. The molecule has 0 bridgehead atoms. The molecule has 0 saturated carbocycles. The highest BCUT2D eigenvalue weighted by atomic mass is 16.5. The fraction of sp³-hybridized carbons (Fsp3) is 0.400. The summed E-state index contributed by atoms with van der Waals surface area (Å²) >= 11 is 0. The molecule has 2 aromatic rings. The van der Waals surface area contributed by atoms with Crippen LogP contribution in [-0.2, 0) is 4.79 Å². The number of nitrogens with zero attached hydrogens (tertiary/aromatic N) is 4. The summed E-state index contributed by atoms with van der Waals surface area (Å²) in [6.45, 7) is 2.89. The van der Waals surface area contributed by atoms with Crippen molar-refractivity contribution in [3.63, 3.8) is 0 Å². The van der Waals surface area contributed by atoms with Crippen LogP contribution in [0.4, 0.5) is 5.82 Å². The lowest BCUT2D eigenvalue weighted by Gasteiger charge is -2.33. The lowest BCUT2D eigenvalue weighted by molar-refractivity contribution is -0.118. The Kier molecular flexibility index (Phi) is 3.95. The quantitative estimate of drug-likeness (QED) is 0.783.